The van der Waals surface area contributed by atoms with Crippen molar-refractivity contribution in [2.45, 2.75) is 6.18 Å². The number of fused-ring (bicyclic) bond motifs is 1. The van der Waals surface area contributed by atoms with Gasteiger partial charge in [-0.1, -0.05) is 0 Å². The number of alkyl halides is 3. The topological polar surface area (TPSA) is 63.1 Å². The molecular weight excluding hydrogens is 201 g/mol. The van der Waals surface area contributed by atoms with Gasteiger partial charge in [0.25, 0.3) is 5.56 Å². The van der Waals surface area contributed by atoms with E-state index in [1.807, 2.05) is 0 Å². The minimum atomic E-state index is -4.62. The molecule has 2 heterocycles. The number of aromatic amines is 1. The molecule has 2 aromatic heterocycles. The van der Waals surface area contributed by atoms with Crippen molar-refractivity contribution < 1.29 is 13.2 Å². The Morgan fingerprint density at radius 2 is 2.14 bits per heavy atom. The lowest BCUT2D eigenvalue weighted by Gasteiger charge is -2.06. The number of H-pyrrole nitrogens is 1. The van der Waals surface area contributed by atoms with Gasteiger partial charge in [-0.2, -0.15) is 27.8 Å². The molecule has 8 heteroatoms. The molecule has 1 N–H and O–H groups in total. The Bertz CT molecular complexity index is 526. The molecule has 0 atom stereocenters. The van der Waals surface area contributed by atoms with E-state index in [0.29, 0.717) is 10.6 Å². The summed E-state index contributed by atoms with van der Waals surface area (Å²) in [5, 5.41) is 3.34. The number of rotatable bonds is 0. The fourth-order valence-electron chi connectivity index (χ4n) is 1.04. The maximum absolute atomic E-state index is 12.3. The molecule has 0 radical (unpaired) electrons. The molecule has 0 saturated carbocycles. The molecule has 14 heavy (non-hydrogen) atoms. The van der Waals surface area contributed by atoms with E-state index in [4.69, 9.17) is 0 Å². The lowest BCUT2D eigenvalue weighted by Crippen LogP contribution is -2.19. The van der Waals surface area contributed by atoms with E-state index in [1.165, 1.54) is 0 Å². The summed E-state index contributed by atoms with van der Waals surface area (Å²) in [5.74, 6) is -0.232. The van der Waals surface area contributed by atoms with Gasteiger partial charge in [0, 0.05) is 6.07 Å². The van der Waals surface area contributed by atoms with Crippen LogP contribution in [-0.2, 0) is 6.18 Å². The third-order valence-electron chi connectivity index (χ3n) is 1.57. The van der Waals surface area contributed by atoms with E-state index in [1.54, 1.807) is 0 Å². The Kier molecular flexibility index (Phi) is 1.60. The number of hydrogen-bond acceptors (Lipinski definition) is 3. The van der Waals surface area contributed by atoms with Crippen LogP contribution in [0.15, 0.2) is 17.2 Å². The van der Waals surface area contributed by atoms with Gasteiger partial charge in [0.1, 0.15) is 6.33 Å². The molecular formula is C6H3F3N4O. The van der Waals surface area contributed by atoms with Crippen LogP contribution in [0.25, 0.3) is 5.78 Å². The van der Waals surface area contributed by atoms with E-state index in [0.717, 1.165) is 6.33 Å². The quantitative estimate of drug-likeness (QED) is 0.677. The van der Waals surface area contributed by atoms with E-state index in [9.17, 15) is 18.0 Å². The van der Waals surface area contributed by atoms with Gasteiger partial charge in [-0.3, -0.25) is 9.78 Å². The minimum Gasteiger partial charge on any atom is -0.291 e. The molecule has 74 valence electrons. The lowest BCUT2D eigenvalue weighted by molar-refractivity contribution is -0.142. The zero-order chi connectivity index (χ0) is 10.3. The van der Waals surface area contributed by atoms with Crippen LogP contribution in [0.1, 0.15) is 5.69 Å². The molecule has 0 aliphatic carbocycles. The molecule has 0 saturated heterocycles. The number of halogens is 3. The lowest BCUT2D eigenvalue weighted by atomic mass is 10.4. The zero-order valence-electron chi connectivity index (χ0n) is 6.54. The fourth-order valence-corrected chi connectivity index (χ4v) is 1.04. The average Bonchev–Trinajstić information content (AvgIpc) is 2.47. The second-order valence-corrected chi connectivity index (χ2v) is 2.51. The SMILES string of the molecule is O=c1cc(C(F)(F)F)n2ncnc2[nH]1. The fraction of sp³-hybridized carbons (Fsp3) is 0.167. The van der Waals surface area contributed by atoms with Crippen molar-refractivity contribution in [1.29, 1.82) is 0 Å². The molecule has 0 bridgehead atoms. The first-order valence-corrected chi connectivity index (χ1v) is 3.49. The molecule has 2 aromatic rings. The number of nitrogens with one attached hydrogen (secondary N) is 1. The summed E-state index contributed by atoms with van der Waals surface area (Å²) in [7, 11) is 0. The summed E-state index contributed by atoms with van der Waals surface area (Å²) in [6, 6.07) is 0.432. The highest BCUT2D eigenvalue weighted by atomic mass is 19.4. The van der Waals surface area contributed by atoms with Gasteiger partial charge in [-0.25, -0.2) is 0 Å². The van der Waals surface area contributed by atoms with Crippen LogP contribution in [0.4, 0.5) is 13.2 Å². The molecule has 2 rings (SSSR count). The maximum atomic E-state index is 12.3. The molecule has 0 unspecified atom stereocenters. The van der Waals surface area contributed by atoms with Crippen molar-refractivity contribution in [3.05, 3.63) is 28.4 Å². The monoisotopic (exact) mass is 204 g/mol. The molecule has 0 aliphatic rings. The highest BCUT2D eigenvalue weighted by Gasteiger charge is 2.34. The second kappa shape index (κ2) is 2.56. The van der Waals surface area contributed by atoms with Crippen molar-refractivity contribution in [3.63, 3.8) is 0 Å². The van der Waals surface area contributed by atoms with Crippen molar-refractivity contribution in [3.8, 4) is 0 Å². The van der Waals surface area contributed by atoms with Crippen LogP contribution in [0, 0.1) is 0 Å². The second-order valence-electron chi connectivity index (χ2n) is 2.51. The Balaban J connectivity index is 2.87. The zero-order valence-corrected chi connectivity index (χ0v) is 6.54. The number of aromatic nitrogens is 4. The largest absolute Gasteiger partial charge is 0.433 e. The Morgan fingerprint density at radius 1 is 1.43 bits per heavy atom. The summed E-state index contributed by atoms with van der Waals surface area (Å²) in [6.07, 6.45) is -3.69. The van der Waals surface area contributed by atoms with Crippen LogP contribution in [0.5, 0.6) is 0 Å². The number of hydrogen-bond donors (Lipinski definition) is 1. The molecule has 5 nitrogen and oxygen atoms in total. The van der Waals surface area contributed by atoms with Gasteiger partial charge in [0.15, 0.2) is 5.69 Å². The van der Waals surface area contributed by atoms with E-state index in [2.05, 4.69) is 15.1 Å². The number of nitrogens with zero attached hydrogens (tertiary/aromatic N) is 3. The summed E-state index contributed by atoms with van der Waals surface area (Å²) < 4.78 is 37.5. The smallest absolute Gasteiger partial charge is 0.291 e. The van der Waals surface area contributed by atoms with Gasteiger partial charge < -0.3 is 0 Å². The summed E-state index contributed by atoms with van der Waals surface area (Å²) >= 11 is 0. The average molecular weight is 204 g/mol. The Hall–Kier alpha value is -1.86. The van der Waals surface area contributed by atoms with Crippen LogP contribution >= 0.6 is 0 Å². The van der Waals surface area contributed by atoms with Gasteiger partial charge in [-0.15, -0.1) is 0 Å². The highest BCUT2D eigenvalue weighted by Crippen LogP contribution is 2.27. The highest BCUT2D eigenvalue weighted by molar-refractivity contribution is 5.27. The third-order valence-corrected chi connectivity index (χ3v) is 1.57. The molecule has 0 spiro atoms. The minimum absolute atomic E-state index is 0.232. The van der Waals surface area contributed by atoms with Crippen LogP contribution in [0.2, 0.25) is 0 Å². The predicted octanol–water partition coefficient (Wildman–Crippen LogP) is 0.436. The summed E-state index contributed by atoms with van der Waals surface area (Å²) in [5.41, 5.74) is -2.01. The van der Waals surface area contributed by atoms with Gasteiger partial charge in [0.05, 0.1) is 0 Å². The van der Waals surface area contributed by atoms with Gasteiger partial charge in [-0.05, 0) is 0 Å². The predicted molar refractivity (Wildman–Crippen MR) is 38.6 cm³/mol. The Morgan fingerprint density at radius 3 is 2.79 bits per heavy atom. The van der Waals surface area contributed by atoms with Crippen LogP contribution in [0.3, 0.4) is 0 Å². The van der Waals surface area contributed by atoms with Crippen molar-refractivity contribution in [2.75, 3.05) is 0 Å². The van der Waals surface area contributed by atoms with E-state index >= 15 is 0 Å². The Labute approximate surface area is 74.2 Å². The van der Waals surface area contributed by atoms with Crippen LogP contribution < -0.4 is 5.56 Å². The summed E-state index contributed by atoms with van der Waals surface area (Å²) in [6.45, 7) is 0. The first-order valence-electron chi connectivity index (χ1n) is 3.49. The normalized spacial score (nSPS) is 12.2. The first kappa shape index (κ1) is 8.73. The van der Waals surface area contributed by atoms with Crippen molar-refractivity contribution in [1.82, 2.24) is 19.6 Å². The first-order chi connectivity index (χ1) is 6.48. The van der Waals surface area contributed by atoms with E-state index < -0.39 is 17.4 Å². The molecule has 0 amide bonds. The van der Waals surface area contributed by atoms with Gasteiger partial charge in [0.2, 0.25) is 5.78 Å². The third kappa shape index (κ3) is 1.24. The molecule has 0 fully saturated rings. The maximum Gasteiger partial charge on any atom is 0.433 e. The van der Waals surface area contributed by atoms with Gasteiger partial charge >= 0.3 is 6.18 Å². The molecule has 0 aromatic carbocycles. The summed E-state index contributed by atoms with van der Waals surface area (Å²) in [4.78, 5) is 16.4. The van der Waals surface area contributed by atoms with Crippen LogP contribution in [-0.4, -0.2) is 19.6 Å². The van der Waals surface area contributed by atoms with Crippen molar-refractivity contribution >= 4 is 5.78 Å². The molecule has 0 aliphatic heterocycles. The van der Waals surface area contributed by atoms with Crippen molar-refractivity contribution in [2.24, 2.45) is 0 Å². The standard InChI is InChI=1S/C6H3F3N4O/c7-6(8,9)3-1-4(14)12-5-10-2-11-13(3)5/h1-2H,(H,10,11,12,14). The van der Waals surface area contributed by atoms with E-state index in [-0.39, 0.29) is 5.78 Å².